The Balaban J connectivity index is 0.995. The number of carbonyl (C=O) groups is 1. The number of hydrogen-bond acceptors (Lipinski definition) is 3. The third kappa shape index (κ3) is 4.28. The second-order valence-corrected chi connectivity index (χ2v) is 11.9. The van der Waals surface area contributed by atoms with Gasteiger partial charge in [0.1, 0.15) is 0 Å². The van der Waals surface area contributed by atoms with Crippen LogP contribution in [0.5, 0.6) is 0 Å². The lowest BCUT2D eigenvalue weighted by Gasteiger charge is -2.11. The van der Waals surface area contributed by atoms with Crippen LogP contribution in [0, 0.1) is 6.92 Å². The molecule has 0 aliphatic rings. The third-order valence-electron chi connectivity index (χ3n) is 9.26. The minimum Gasteiger partial charge on any atom is -0.309 e. The molecule has 0 fully saturated rings. The summed E-state index contributed by atoms with van der Waals surface area (Å²) in [4.78, 5) is 22.2. The van der Waals surface area contributed by atoms with Crippen molar-refractivity contribution in [3.05, 3.63) is 169 Å². The van der Waals surface area contributed by atoms with Crippen LogP contribution in [0.25, 0.3) is 66.1 Å². The predicted molar refractivity (Wildman–Crippen MR) is 191 cm³/mol. The number of nitrogens with zero attached hydrogens (tertiary/aromatic N) is 4. The first kappa shape index (κ1) is 27.0. The fraction of sp³-hybridized carbons (Fsp3) is 0.0238. The smallest absolute Gasteiger partial charge is 0.193 e. The van der Waals surface area contributed by atoms with Gasteiger partial charge in [0, 0.05) is 68.8 Å². The topological polar surface area (TPSA) is 52.7 Å². The van der Waals surface area contributed by atoms with Gasteiger partial charge in [-0.15, -0.1) is 0 Å². The Kier molecular flexibility index (Phi) is 6.12. The van der Waals surface area contributed by atoms with Gasteiger partial charge in [0.25, 0.3) is 0 Å². The molecule has 0 amide bonds. The van der Waals surface area contributed by atoms with Crippen molar-refractivity contribution in [2.75, 3.05) is 0 Å². The van der Waals surface area contributed by atoms with Crippen LogP contribution in [0.4, 0.5) is 0 Å². The first-order chi connectivity index (χ1) is 23.2. The van der Waals surface area contributed by atoms with Crippen molar-refractivity contribution in [2.45, 2.75) is 6.92 Å². The van der Waals surface area contributed by atoms with Crippen molar-refractivity contribution >= 4 is 49.4 Å². The number of benzene rings is 5. The molecule has 0 saturated carbocycles. The molecule has 0 unspecified atom stereocenters. The van der Waals surface area contributed by atoms with Gasteiger partial charge in [0.2, 0.25) is 0 Å². The number of para-hydroxylation sites is 2. The monoisotopic (exact) mass is 604 g/mol. The lowest BCUT2D eigenvalue weighted by molar-refractivity contribution is 0.103. The Hall–Kier alpha value is -6.33. The standard InChI is InChI=1S/C42H28N4O/c1-27-5-4-7-35-34-6-2-3-8-38(34)46(41(27)35)33-19-15-31(16-20-33)42(47)30-11-9-28(10-12-30)29-13-17-32(18-14-29)45-39-21-23-43-25-36(39)37-26-44-24-22-40(37)45/h2-26H,1H3. The Morgan fingerprint density at radius 2 is 1.00 bits per heavy atom. The Morgan fingerprint density at radius 1 is 0.489 bits per heavy atom. The number of hydrogen-bond donors (Lipinski definition) is 0. The fourth-order valence-electron chi connectivity index (χ4n) is 6.99. The first-order valence-electron chi connectivity index (χ1n) is 15.7. The molecule has 0 radical (unpaired) electrons. The average molecular weight is 605 g/mol. The van der Waals surface area contributed by atoms with Gasteiger partial charge in [-0.1, -0.05) is 72.8 Å². The quantitative estimate of drug-likeness (QED) is 0.184. The van der Waals surface area contributed by atoms with Gasteiger partial charge in [0.05, 0.1) is 22.1 Å². The van der Waals surface area contributed by atoms with Crippen molar-refractivity contribution in [3.63, 3.8) is 0 Å². The van der Waals surface area contributed by atoms with Crippen LogP contribution in [0.3, 0.4) is 0 Å². The second kappa shape index (κ2) is 10.6. The number of aryl methyl sites for hydroxylation is 1. The lowest BCUT2D eigenvalue weighted by atomic mass is 9.99. The molecule has 0 aliphatic carbocycles. The predicted octanol–water partition coefficient (Wildman–Crippen LogP) is 9.88. The molecule has 9 rings (SSSR count). The minimum atomic E-state index is 0.00666. The molecule has 0 N–H and O–H groups in total. The van der Waals surface area contributed by atoms with Crippen LogP contribution in [0.1, 0.15) is 21.5 Å². The van der Waals surface area contributed by atoms with Crippen molar-refractivity contribution in [2.24, 2.45) is 0 Å². The van der Waals surface area contributed by atoms with E-state index in [0.29, 0.717) is 11.1 Å². The van der Waals surface area contributed by atoms with E-state index in [2.05, 4.69) is 92.8 Å². The fourth-order valence-corrected chi connectivity index (χ4v) is 6.99. The molecule has 4 aromatic heterocycles. The molecule has 9 aromatic rings. The summed E-state index contributed by atoms with van der Waals surface area (Å²) in [7, 11) is 0. The molecule has 4 heterocycles. The van der Waals surface area contributed by atoms with E-state index in [-0.39, 0.29) is 5.78 Å². The first-order valence-corrected chi connectivity index (χ1v) is 15.7. The van der Waals surface area contributed by atoms with Gasteiger partial charge < -0.3 is 9.13 Å². The van der Waals surface area contributed by atoms with E-state index >= 15 is 0 Å². The maximum absolute atomic E-state index is 13.5. The minimum absolute atomic E-state index is 0.00666. The maximum atomic E-state index is 13.5. The van der Waals surface area contributed by atoms with Gasteiger partial charge in [-0.3, -0.25) is 14.8 Å². The van der Waals surface area contributed by atoms with Crippen molar-refractivity contribution < 1.29 is 4.79 Å². The van der Waals surface area contributed by atoms with Crippen LogP contribution in [0.15, 0.2) is 152 Å². The second-order valence-electron chi connectivity index (χ2n) is 11.9. The van der Waals surface area contributed by atoms with E-state index in [1.165, 1.54) is 21.9 Å². The number of rotatable bonds is 5. The summed E-state index contributed by atoms with van der Waals surface area (Å²) >= 11 is 0. The van der Waals surface area contributed by atoms with Crippen LogP contribution in [-0.4, -0.2) is 24.9 Å². The summed E-state index contributed by atoms with van der Waals surface area (Å²) in [6.45, 7) is 2.15. The number of pyridine rings is 2. The van der Waals surface area contributed by atoms with Gasteiger partial charge >= 0.3 is 0 Å². The zero-order chi connectivity index (χ0) is 31.5. The number of fused-ring (bicyclic) bond motifs is 6. The number of aromatic nitrogens is 4. The molecular formula is C42H28N4O. The Labute approximate surface area is 271 Å². The summed E-state index contributed by atoms with van der Waals surface area (Å²) in [5, 5.41) is 4.62. The molecule has 0 bridgehead atoms. The SMILES string of the molecule is Cc1cccc2c3ccccc3n(-c3ccc(C(=O)c4ccc(-c5ccc(-n6c7ccncc7c7cnccc76)cc5)cc4)cc3)c12. The highest BCUT2D eigenvalue weighted by molar-refractivity contribution is 6.11. The summed E-state index contributed by atoms with van der Waals surface area (Å²) in [5.41, 5.74) is 11.3. The van der Waals surface area contributed by atoms with E-state index < -0.39 is 0 Å². The third-order valence-corrected chi connectivity index (χ3v) is 9.26. The lowest BCUT2D eigenvalue weighted by Crippen LogP contribution is -2.02. The van der Waals surface area contributed by atoms with Crippen LogP contribution in [0.2, 0.25) is 0 Å². The highest BCUT2D eigenvalue weighted by Crippen LogP contribution is 2.34. The molecule has 47 heavy (non-hydrogen) atoms. The van der Waals surface area contributed by atoms with Gasteiger partial charge in [-0.05, 0) is 78.2 Å². The summed E-state index contributed by atoms with van der Waals surface area (Å²) in [5.74, 6) is 0.00666. The largest absolute Gasteiger partial charge is 0.309 e. The summed E-state index contributed by atoms with van der Waals surface area (Å²) in [6, 6.07) is 43.4. The highest BCUT2D eigenvalue weighted by Gasteiger charge is 2.16. The van der Waals surface area contributed by atoms with Crippen molar-refractivity contribution in [3.8, 4) is 22.5 Å². The maximum Gasteiger partial charge on any atom is 0.193 e. The number of ketones is 1. The normalized spacial score (nSPS) is 11.6. The Bertz CT molecular complexity index is 2570. The average Bonchev–Trinajstić information content (AvgIpc) is 3.66. The molecule has 0 saturated heterocycles. The molecule has 0 spiro atoms. The molecular weight excluding hydrogens is 576 g/mol. The van der Waals surface area contributed by atoms with Crippen LogP contribution in [-0.2, 0) is 0 Å². The zero-order valence-corrected chi connectivity index (χ0v) is 25.6. The highest BCUT2D eigenvalue weighted by atomic mass is 16.1. The molecule has 5 heteroatoms. The van der Waals surface area contributed by atoms with Crippen molar-refractivity contribution in [1.82, 2.24) is 19.1 Å². The van der Waals surface area contributed by atoms with E-state index in [0.717, 1.165) is 49.8 Å². The zero-order valence-electron chi connectivity index (χ0n) is 25.6. The molecule has 222 valence electrons. The Morgan fingerprint density at radius 3 is 1.66 bits per heavy atom. The van der Waals surface area contributed by atoms with E-state index in [4.69, 9.17) is 0 Å². The number of carbonyl (C=O) groups excluding carboxylic acids is 1. The molecule has 5 nitrogen and oxygen atoms in total. The van der Waals surface area contributed by atoms with Gasteiger partial charge in [-0.25, -0.2) is 0 Å². The van der Waals surface area contributed by atoms with Crippen LogP contribution >= 0.6 is 0 Å². The van der Waals surface area contributed by atoms with E-state index in [1.54, 1.807) is 0 Å². The molecule has 5 aromatic carbocycles. The summed E-state index contributed by atoms with van der Waals surface area (Å²) in [6.07, 6.45) is 7.44. The van der Waals surface area contributed by atoms with Gasteiger partial charge in [-0.2, -0.15) is 0 Å². The van der Waals surface area contributed by atoms with Crippen molar-refractivity contribution in [1.29, 1.82) is 0 Å². The summed E-state index contributed by atoms with van der Waals surface area (Å²) < 4.78 is 4.54. The van der Waals surface area contributed by atoms with E-state index in [1.807, 2.05) is 85.5 Å². The van der Waals surface area contributed by atoms with Crippen LogP contribution < -0.4 is 0 Å². The molecule has 0 atom stereocenters. The van der Waals surface area contributed by atoms with Gasteiger partial charge in [0.15, 0.2) is 5.78 Å². The molecule has 0 aliphatic heterocycles. The van der Waals surface area contributed by atoms with E-state index in [9.17, 15) is 4.79 Å².